The van der Waals surface area contributed by atoms with Crippen molar-refractivity contribution in [1.29, 1.82) is 0 Å². The van der Waals surface area contributed by atoms with Crippen molar-refractivity contribution in [3.05, 3.63) is 82.1 Å². The minimum absolute atomic E-state index is 0.0688. The standard InChI is InChI=1S/C22H22FN3O3S2/c23-18-7-4-8-20(14-18)31(28,29)26-11-9-25(10-12-26)22(27)15-19-16-30-21(24-19)13-17-5-2-1-3-6-17/h1-8,14,16H,9-13,15H2. The lowest BCUT2D eigenvalue weighted by Crippen LogP contribution is -2.50. The molecule has 1 aliphatic heterocycles. The molecule has 0 bridgehead atoms. The van der Waals surface area contributed by atoms with E-state index in [1.54, 1.807) is 4.90 Å². The molecule has 9 heteroatoms. The van der Waals surface area contributed by atoms with Gasteiger partial charge in [-0.05, 0) is 23.8 Å². The van der Waals surface area contributed by atoms with Gasteiger partial charge in [0.25, 0.3) is 0 Å². The van der Waals surface area contributed by atoms with E-state index in [9.17, 15) is 17.6 Å². The molecule has 31 heavy (non-hydrogen) atoms. The SMILES string of the molecule is O=C(Cc1csc(Cc2ccccc2)n1)N1CCN(S(=O)(=O)c2cccc(F)c2)CC1. The summed E-state index contributed by atoms with van der Waals surface area (Å²) in [5.41, 5.74) is 1.90. The van der Waals surface area contributed by atoms with Gasteiger partial charge >= 0.3 is 0 Å². The molecule has 0 aliphatic carbocycles. The summed E-state index contributed by atoms with van der Waals surface area (Å²) < 4.78 is 40.1. The highest BCUT2D eigenvalue weighted by molar-refractivity contribution is 7.89. The van der Waals surface area contributed by atoms with Gasteiger partial charge in [0.15, 0.2) is 0 Å². The average Bonchev–Trinajstić information content (AvgIpc) is 3.21. The molecule has 0 radical (unpaired) electrons. The Morgan fingerprint density at radius 1 is 1.03 bits per heavy atom. The van der Waals surface area contributed by atoms with Crippen LogP contribution in [-0.4, -0.2) is 54.7 Å². The van der Waals surface area contributed by atoms with E-state index in [1.807, 2.05) is 35.7 Å². The summed E-state index contributed by atoms with van der Waals surface area (Å²) in [6.45, 7) is 0.963. The van der Waals surface area contributed by atoms with E-state index in [4.69, 9.17) is 0 Å². The minimum atomic E-state index is -3.77. The smallest absolute Gasteiger partial charge is 0.243 e. The third kappa shape index (κ3) is 5.17. The van der Waals surface area contributed by atoms with Crippen molar-refractivity contribution in [3.63, 3.8) is 0 Å². The van der Waals surface area contributed by atoms with Crippen LogP contribution in [0.2, 0.25) is 0 Å². The van der Waals surface area contributed by atoms with Gasteiger partial charge in [-0.3, -0.25) is 4.79 Å². The molecule has 0 N–H and O–H groups in total. The predicted molar refractivity (Wildman–Crippen MR) is 117 cm³/mol. The molecule has 4 rings (SSSR count). The van der Waals surface area contributed by atoms with Gasteiger partial charge in [0.2, 0.25) is 15.9 Å². The van der Waals surface area contributed by atoms with Crippen LogP contribution in [-0.2, 0) is 27.7 Å². The topological polar surface area (TPSA) is 70.6 Å². The van der Waals surface area contributed by atoms with Crippen molar-refractivity contribution in [2.24, 2.45) is 0 Å². The number of nitrogens with zero attached hydrogens (tertiary/aromatic N) is 3. The van der Waals surface area contributed by atoms with Crippen LogP contribution >= 0.6 is 11.3 Å². The Kier molecular flexibility index (Phi) is 6.45. The Balaban J connectivity index is 1.32. The largest absolute Gasteiger partial charge is 0.340 e. The summed E-state index contributed by atoms with van der Waals surface area (Å²) in [5.74, 6) is -0.663. The number of aromatic nitrogens is 1. The summed E-state index contributed by atoms with van der Waals surface area (Å²) in [6.07, 6.45) is 0.929. The second kappa shape index (κ2) is 9.25. The van der Waals surface area contributed by atoms with Gasteiger partial charge in [-0.1, -0.05) is 36.4 Å². The van der Waals surface area contributed by atoms with Gasteiger partial charge in [0.05, 0.1) is 22.0 Å². The Morgan fingerprint density at radius 2 is 1.77 bits per heavy atom. The Labute approximate surface area is 185 Å². The normalized spacial score (nSPS) is 15.2. The fraction of sp³-hybridized carbons (Fsp3) is 0.273. The molecule has 1 aromatic heterocycles. The summed E-state index contributed by atoms with van der Waals surface area (Å²) in [7, 11) is -3.77. The van der Waals surface area contributed by atoms with Gasteiger partial charge in [0, 0.05) is 38.0 Å². The molecule has 2 aromatic carbocycles. The number of carbonyl (C=O) groups excluding carboxylic acids is 1. The van der Waals surface area contributed by atoms with Crippen LogP contribution < -0.4 is 0 Å². The van der Waals surface area contributed by atoms with Crippen molar-refractivity contribution < 1.29 is 17.6 Å². The van der Waals surface area contributed by atoms with Gasteiger partial charge < -0.3 is 4.90 Å². The summed E-state index contributed by atoms with van der Waals surface area (Å²) in [5, 5.41) is 2.86. The number of piperazine rings is 1. The first-order chi connectivity index (χ1) is 14.9. The van der Waals surface area contributed by atoms with Gasteiger partial charge in [0.1, 0.15) is 5.82 Å². The maximum Gasteiger partial charge on any atom is 0.243 e. The van der Waals surface area contributed by atoms with Crippen molar-refractivity contribution in [2.75, 3.05) is 26.2 Å². The minimum Gasteiger partial charge on any atom is -0.340 e. The maximum absolute atomic E-state index is 13.4. The molecule has 0 atom stereocenters. The number of amides is 1. The molecule has 1 saturated heterocycles. The van der Waals surface area contributed by atoms with Gasteiger partial charge in [-0.25, -0.2) is 17.8 Å². The number of hydrogen-bond acceptors (Lipinski definition) is 5. The van der Waals surface area contributed by atoms with E-state index < -0.39 is 15.8 Å². The molecule has 0 unspecified atom stereocenters. The lowest BCUT2D eigenvalue weighted by molar-refractivity contribution is -0.131. The number of hydrogen-bond donors (Lipinski definition) is 0. The Morgan fingerprint density at radius 3 is 2.48 bits per heavy atom. The predicted octanol–water partition coefficient (Wildman–Crippen LogP) is 2.95. The first-order valence-electron chi connectivity index (χ1n) is 9.92. The zero-order chi connectivity index (χ0) is 21.8. The number of benzene rings is 2. The van der Waals surface area contributed by atoms with E-state index in [0.29, 0.717) is 13.1 Å². The monoisotopic (exact) mass is 459 g/mol. The maximum atomic E-state index is 13.4. The molecule has 6 nitrogen and oxygen atoms in total. The van der Waals surface area contributed by atoms with Crippen molar-refractivity contribution >= 4 is 27.3 Å². The highest BCUT2D eigenvalue weighted by atomic mass is 32.2. The van der Waals surface area contributed by atoms with E-state index in [1.165, 1.54) is 39.4 Å². The van der Waals surface area contributed by atoms with Crippen LogP contribution in [0.15, 0.2) is 64.9 Å². The van der Waals surface area contributed by atoms with Crippen LogP contribution in [0.4, 0.5) is 4.39 Å². The molecular weight excluding hydrogens is 437 g/mol. The number of halogens is 1. The number of sulfonamides is 1. The Bertz CT molecular complexity index is 1160. The van der Waals surface area contributed by atoms with Crippen molar-refractivity contribution in [3.8, 4) is 0 Å². The number of thiazole rings is 1. The van der Waals surface area contributed by atoms with E-state index in [2.05, 4.69) is 4.98 Å². The zero-order valence-corrected chi connectivity index (χ0v) is 18.4. The molecule has 1 aliphatic rings. The molecular formula is C22H22FN3O3S2. The fourth-order valence-corrected chi connectivity index (χ4v) is 5.79. The average molecular weight is 460 g/mol. The van der Waals surface area contributed by atoms with Crippen molar-refractivity contribution in [2.45, 2.75) is 17.7 Å². The van der Waals surface area contributed by atoms with Gasteiger partial charge in [-0.2, -0.15) is 4.31 Å². The van der Waals surface area contributed by atoms with E-state index >= 15 is 0 Å². The second-order valence-corrected chi connectivity index (χ2v) is 10.2. The highest BCUT2D eigenvalue weighted by Crippen LogP contribution is 2.20. The van der Waals surface area contributed by atoms with Crippen LogP contribution in [0.25, 0.3) is 0 Å². The van der Waals surface area contributed by atoms with Crippen LogP contribution in [0, 0.1) is 5.82 Å². The third-order valence-corrected chi connectivity index (χ3v) is 7.95. The molecule has 3 aromatic rings. The molecule has 2 heterocycles. The van der Waals surface area contributed by atoms with Crippen LogP contribution in [0.3, 0.4) is 0 Å². The lowest BCUT2D eigenvalue weighted by Gasteiger charge is -2.34. The Hall–Kier alpha value is -2.62. The molecule has 0 spiro atoms. The van der Waals surface area contributed by atoms with E-state index in [-0.39, 0.29) is 30.3 Å². The summed E-state index contributed by atoms with van der Waals surface area (Å²) in [4.78, 5) is 18.8. The third-order valence-electron chi connectivity index (χ3n) is 5.16. The summed E-state index contributed by atoms with van der Waals surface area (Å²) >= 11 is 1.54. The molecule has 1 fully saturated rings. The summed E-state index contributed by atoms with van der Waals surface area (Å²) in [6, 6.07) is 15.0. The van der Waals surface area contributed by atoms with Crippen molar-refractivity contribution in [1.82, 2.24) is 14.2 Å². The van der Waals surface area contributed by atoms with Crippen LogP contribution in [0.5, 0.6) is 0 Å². The molecule has 1 amide bonds. The first-order valence-corrected chi connectivity index (χ1v) is 12.2. The van der Waals surface area contributed by atoms with Gasteiger partial charge in [-0.15, -0.1) is 11.3 Å². The molecule has 162 valence electrons. The number of carbonyl (C=O) groups is 1. The van der Waals surface area contributed by atoms with E-state index in [0.717, 1.165) is 23.2 Å². The highest BCUT2D eigenvalue weighted by Gasteiger charge is 2.30. The second-order valence-electron chi connectivity index (χ2n) is 7.31. The van der Waals surface area contributed by atoms with Crippen LogP contribution in [0.1, 0.15) is 16.3 Å². The number of rotatable bonds is 6. The molecule has 0 saturated carbocycles. The zero-order valence-electron chi connectivity index (χ0n) is 16.8. The first kappa shape index (κ1) is 21.6. The lowest BCUT2D eigenvalue weighted by atomic mass is 10.2. The fourth-order valence-electron chi connectivity index (χ4n) is 3.50. The quantitative estimate of drug-likeness (QED) is 0.568.